The number of ketones is 1. The maximum absolute atomic E-state index is 12.9. The number of ether oxygens (including phenoxy) is 1. The first-order chi connectivity index (χ1) is 14.4. The van der Waals surface area contributed by atoms with Crippen molar-refractivity contribution >= 4 is 21.5 Å². The van der Waals surface area contributed by atoms with Crippen molar-refractivity contribution in [2.75, 3.05) is 20.2 Å². The first kappa shape index (κ1) is 22.0. The molecule has 1 aliphatic rings. The molecular formula is C23H27NO5S. The van der Waals surface area contributed by atoms with Gasteiger partial charge in [-0.1, -0.05) is 30.3 Å². The van der Waals surface area contributed by atoms with Crippen molar-refractivity contribution in [2.45, 2.75) is 42.2 Å². The first-order valence-corrected chi connectivity index (χ1v) is 11.7. The second kappa shape index (κ2) is 9.89. The van der Waals surface area contributed by atoms with Crippen LogP contribution in [-0.4, -0.2) is 50.5 Å². The van der Waals surface area contributed by atoms with E-state index in [9.17, 15) is 18.0 Å². The predicted octanol–water partition coefficient (Wildman–Crippen LogP) is 3.51. The molecule has 0 spiro atoms. The zero-order valence-electron chi connectivity index (χ0n) is 17.1. The summed E-state index contributed by atoms with van der Waals surface area (Å²) in [5.74, 6) is 0.629. The van der Waals surface area contributed by atoms with E-state index >= 15 is 0 Å². The van der Waals surface area contributed by atoms with Gasteiger partial charge < -0.3 is 9.64 Å². The van der Waals surface area contributed by atoms with E-state index in [1.54, 1.807) is 41.3 Å². The average Bonchev–Trinajstić information content (AvgIpc) is 2.79. The van der Waals surface area contributed by atoms with Crippen LogP contribution in [0.5, 0.6) is 5.75 Å². The summed E-state index contributed by atoms with van der Waals surface area (Å²) in [7, 11) is -1.90. The van der Waals surface area contributed by atoms with Crippen LogP contribution >= 0.6 is 0 Å². The number of methoxy groups -OCH3 is 1. The molecule has 2 aromatic carbocycles. The molecule has 1 fully saturated rings. The molecule has 30 heavy (non-hydrogen) atoms. The van der Waals surface area contributed by atoms with Crippen molar-refractivity contribution in [3.8, 4) is 5.75 Å². The van der Waals surface area contributed by atoms with Gasteiger partial charge in [-0.3, -0.25) is 9.59 Å². The molecule has 1 saturated heterocycles. The SMILES string of the molecule is COc1ccc(S(=O)(=O)C2CCN(C(=O)CCCC(=O)c3ccccc3)CC2)cc1. The number of hydrogen-bond donors (Lipinski definition) is 0. The molecule has 0 unspecified atom stereocenters. The number of nitrogens with zero attached hydrogens (tertiary/aromatic N) is 1. The number of carbonyl (C=O) groups is 2. The van der Waals surface area contributed by atoms with Crippen LogP contribution in [0.4, 0.5) is 0 Å². The van der Waals surface area contributed by atoms with Crippen LogP contribution in [-0.2, 0) is 14.6 Å². The lowest BCUT2D eigenvalue weighted by molar-refractivity contribution is -0.132. The normalized spacial score (nSPS) is 15.0. The van der Waals surface area contributed by atoms with E-state index in [-0.39, 0.29) is 16.6 Å². The van der Waals surface area contributed by atoms with Crippen molar-refractivity contribution in [1.29, 1.82) is 0 Å². The summed E-state index contributed by atoms with van der Waals surface area (Å²) in [6, 6.07) is 15.5. The fourth-order valence-electron chi connectivity index (χ4n) is 3.70. The molecule has 0 aromatic heterocycles. The van der Waals surface area contributed by atoms with Crippen molar-refractivity contribution in [1.82, 2.24) is 4.90 Å². The zero-order valence-corrected chi connectivity index (χ0v) is 17.9. The minimum absolute atomic E-state index is 0.0174. The number of sulfone groups is 1. The molecule has 1 heterocycles. The molecule has 160 valence electrons. The minimum atomic E-state index is -3.43. The monoisotopic (exact) mass is 429 g/mol. The van der Waals surface area contributed by atoms with Gasteiger partial charge in [-0.25, -0.2) is 8.42 Å². The average molecular weight is 430 g/mol. The van der Waals surface area contributed by atoms with E-state index in [4.69, 9.17) is 4.74 Å². The third kappa shape index (κ3) is 5.27. The number of amides is 1. The Kier molecular flexibility index (Phi) is 7.26. The van der Waals surface area contributed by atoms with Crippen molar-refractivity contribution < 1.29 is 22.7 Å². The van der Waals surface area contributed by atoms with Crippen LogP contribution < -0.4 is 4.74 Å². The number of hydrogen-bond acceptors (Lipinski definition) is 5. The lowest BCUT2D eigenvalue weighted by atomic mass is 10.0. The van der Waals surface area contributed by atoms with Crippen molar-refractivity contribution in [3.05, 3.63) is 60.2 Å². The van der Waals surface area contributed by atoms with Gasteiger partial charge >= 0.3 is 0 Å². The molecule has 0 radical (unpaired) electrons. The van der Waals surface area contributed by atoms with Crippen molar-refractivity contribution in [3.63, 3.8) is 0 Å². The van der Waals surface area contributed by atoms with E-state index in [0.717, 1.165) is 0 Å². The second-order valence-electron chi connectivity index (χ2n) is 7.44. The summed E-state index contributed by atoms with van der Waals surface area (Å²) in [6.45, 7) is 0.844. The van der Waals surface area contributed by atoms with Gasteiger partial charge in [-0.15, -0.1) is 0 Å². The number of rotatable bonds is 8. The summed E-state index contributed by atoms with van der Waals surface area (Å²) in [4.78, 5) is 26.6. The van der Waals surface area contributed by atoms with Crippen LogP contribution in [0.25, 0.3) is 0 Å². The standard InChI is InChI=1S/C23H27NO5S/c1-29-19-10-12-20(13-11-19)30(27,28)21-14-16-24(17-15-21)23(26)9-5-8-22(25)18-6-3-2-4-7-18/h2-4,6-7,10-13,21H,5,8-9,14-17H2,1H3. The number of carbonyl (C=O) groups excluding carboxylic acids is 2. The molecule has 0 bridgehead atoms. The summed E-state index contributed by atoms with van der Waals surface area (Å²) < 4.78 is 30.8. The summed E-state index contributed by atoms with van der Waals surface area (Å²) in [5, 5.41) is -0.491. The Balaban J connectivity index is 1.47. The maximum atomic E-state index is 12.9. The topological polar surface area (TPSA) is 80.8 Å². The third-order valence-electron chi connectivity index (χ3n) is 5.51. The highest BCUT2D eigenvalue weighted by atomic mass is 32.2. The Labute approximate surface area is 177 Å². The Hall–Kier alpha value is -2.67. The third-order valence-corrected chi connectivity index (χ3v) is 7.79. The van der Waals surface area contributed by atoms with Gasteiger partial charge in [0.1, 0.15) is 5.75 Å². The molecule has 0 saturated carbocycles. The first-order valence-electron chi connectivity index (χ1n) is 10.2. The summed E-state index contributed by atoms with van der Waals surface area (Å²) in [6.07, 6.45) is 1.97. The van der Waals surface area contributed by atoms with Gasteiger partial charge in [0, 0.05) is 31.5 Å². The number of likely N-dealkylation sites (tertiary alicyclic amines) is 1. The number of piperidine rings is 1. The molecule has 7 heteroatoms. The molecule has 0 atom stereocenters. The van der Waals surface area contributed by atoms with E-state index in [2.05, 4.69) is 0 Å². The summed E-state index contributed by atoms with van der Waals surface area (Å²) >= 11 is 0. The van der Waals surface area contributed by atoms with Gasteiger partial charge in [0.25, 0.3) is 0 Å². The van der Waals surface area contributed by atoms with Crippen LogP contribution in [0.2, 0.25) is 0 Å². The van der Waals surface area contributed by atoms with Gasteiger partial charge in [-0.05, 0) is 43.5 Å². The Morgan fingerprint density at radius 2 is 1.60 bits per heavy atom. The predicted molar refractivity (Wildman–Crippen MR) is 114 cm³/mol. The lowest BCUT2D eigenvalue weighted by Gasteiger charge is -2.32. The molecule has 6 nitrogen and oxygen atoms in total. The highest BCUT2D eigenvalue weighted by Gasteiger charge is 2.32. The molecule has 1 amide bonds. The quantitative estimate of drug-likeness (QED) is 0.600. The number of Topliss-reactive ketones (excluding diaryl/α,β-unsaturated/α-hetero) is 1. The highest BCUT2D eigenvalue weighted by Crippen LogP contribution is 2.26. The number of benzene rings is 2. The van der Waals surface area contributed by atoms with Crippen LogP contribution in [0, 0.1) is 0 Å². The largest absolute Gasteiger partial charge is 0.497 e. The second-order valence-corrected chi connectivity index (χ2v) is 9.67. The molecule has 0 N–H and O–H groups in total. The van der Waals surface area contributed by atoms with Crippen LogP contribution in [0.3, 0.4) is 0 Å². The van der Waals surface area contributed by atoms with Gasteiger partial charge in [0.2, 0.25) is 5.91 Å². The van der Waals surface area contributed by atoms with Crippen LogP contribution in [0.1, 0.15) is 42.5 Å². The van der Waals surface area contributed by atoms with Gasteiger partial charge in [0.15, 0.2) is 15.6 Å². The smallest absolute Gasteiger partial charge is 0.222 e. The Bertz CT molecular complexity index is 962. The molecular weight excluding hydrogens is 402 g/mol. The molecule has 2 aromatic rings. The Morgan fingerprint density at radius 3 is 2.20 bits per heavy atom. The van der Waals surface area contributed by atoms with Crippen molar-refractivity contribution in [2.24, 2.45) is 0 Å². The Morgan fingerprint density at radius 1 is 0.967 bits per heavy atom. The fourth-order valence-corrected chi connectivity index (χ4v) is 5.43. The highest BCUT2D eigenvalue weighted by molar-refractivity contribution is 7.92. The fraction of sp³-hybridized carbons (Fsp3) is 0.391. The molecule has 1 aliphatic heterocycles. The minimum Gasteiger partial charge on any atom is -0.497 e. The maximum Gasteiger partial charge on any atom is 0.222 e. The lowest BCUT2D eigenvalue weighted by Crippen LogP contribution is -2.42. The van der Waals surface area contributed by atoms with Gasteiger partial charge in [0.05, 0.1) is 17.3 Å². The molecule has 0 aliphatic carbocycles. The zero-order chi connectivity index (χ0) is 21.6. The van der Waals surface area contributed by atoms with E-state index < -0.39 is 15.1 Å². The van der Waals surface area contributed by atoms with Crippen LogP contribution in [0.15, 0.2) is 59.5 Å². The van der Waals surface area contributed by atoms with E-state index in [0.29, 0.717) is 56.5 Å². The molecule has 3 rings (SSSR count). The van der Waals surface area contributed by atoms with Gasteiger partial charge in [-0.2, -0.15) is 0 Å². The van der Waals surface area contributed by atoms with E-state index in [1.165, 1.54) is 7.11 Å². The summed E-state index contributed by atoms with van der Waals surface area (Å²) in [5.41, 5.74) is 0.662. The van der Waals surface area contributed by atoms with E-state index in [1.807, 2.05) is 18.2 Å².